The number of hydrogen-bond donors (Lipinski definition) is 1. The molecule has 0 radical (unpaired) electrons. The Kier molecular flexibility index (Phi) is 4.07. The summed E-state index contributed by atoms with van der Waals surface area (Å²) in [6.45, 7) is -0.176. The van der Waals surface area contributed by atoms with E-state index in [1.165, 1.54) is 7.11 Å². The van der Waals surface area contributed by atoms with E-state index >= 15 is 0 Å². The van der Waals surface area contributed by atoms with E-state index in [4.69, 9.17) is 11.6 Å². The van der Waals surface area contributed by atoms with Crippen LogP contribution in [0.2, 0.25) is 4.34 Å². The van der Waals surface area contributed by atoms with Crippen LogP contribution in [0.15, 0.2) is 12.1 Å². The Hall–Kier alpha value is -2.00. The van der Waals surface area contributed by atoms with Crippen molar-refractivity contribution in [2.45, 2.75) is 6.54 Å². The van der Waals surface area contributed by atoms with E-state index < -0.39 is 11.9 Å². The second-order valence-electron chi connectivity index (χ2n) is 3.28. The average Bonchev–Trinajstić information content (AvgIpc) is 2.98. The number of nitrogens with one attached hydrogen (secondary N) is 1. The fourth-order valence-corrected chi connectivity index (χ4v) is 2.08. The lowest BCUT2D eigenvalue weighted by atomic mass is 10.4. The number of tetrazole rings is 1. The van der Waals surface area contributed by atoms with E-state index in [1.807, 2.05) is 0 Å². The molecule has 0 spiro atoms. The van der Waals surface area contributed by atoms with Crippen LogP contribution in [0.3, 0.4) is 0 Å². The molecule has 2 aromatic heterocycles. The Morgan fingerprint density at radius 2 is 2.32 bits per heavy atom. The number of hydrogen-bond acceptors (Lipinski definition) is 7. The number of carbonyl (C=O) groups is 2. The molecule has 0 aliphatic rings. The number of aromatic nitrogens is 4. The van der Waals surface area contributed by atoms with Crippen molar-refractivity contribution in [2.75, 3.05) is 12.4 Å². The molecule has 1 amide bonds. The largest absolute Gasteiger partial charge is 0.468 e. The number of ether oxygens (including phenoxy) is 1. The first-order chi connectivity index (χ1) is 9.08. The number of amides is 1. The number of esters is 1. The Bertz CT molecular complexity index is 611. The fourth-order valence-electron chi connectivity index (χ4n) is 1.14. The maximum absolute atomic E-state index is 11.7. The van der Waals surface area contributed by atoms with Crippen LogP contribution in [0.5, 0.6) is 0 Å². The summed E-state index contributed by atoms with van der Waals surface area (Å²) in [6, 6.07) is 3.20. The number of halogens is 1. The summed E-state index contributed by atoms with van der Waals surface area (Å²) >= 11 is 6.86. The summed E-state index contributed by atoms with van der Waals surface area (Å²) in [5, 5.41) is 13.4. The van der Waals surface area contributed by atoms with Gasteiger partial charge < -0.3 is 4.74 Å². The highest BCUT2D eigenvalue weighted by molar-refractivity contribution is 7.18. The summed E-state index contributed by atoms with van der Waals surface area (Å²) in [5.74, 6) is -0.909. The van der Waals surface area contributed by atoms with Gasteiger partial charge in [0.05, 0.1) is 16.3 Å². The molecular weight excluding hydrogens is 294 g/mol. The third kappa shape index (κ3) is 3.48. The van der Waals surface area contributed by atoms with Gasteiger partial charge >= 0.3 is 5.97 Å². The molecule has 19 heavy (non-hydrogen) atoms. The highest BCUT2D eigenvalue weighted by atomic mass is 35.5. The molecule has 100 valence electrons. The highest BCUT2D eigenvalue weighted by Crippen LogP contribution is 2.21. The van der Waals surface area contributed by atoms with Crippen LogP contribution in [0.1, 0.15) is 9.67 Å². The molecule has 0 aliphatic carbocycles. The average molecular weight is 302 g/mol. The van der Waals surface area contributed by atoms with Gasteiger partial charge in [-0.15, -0.1) is 16.4 Å². The van der Waals surface area contributed by atoms with Gasteiger partial charge in [-0.3, -0.25) is 10.1 Å². The fraction of sp³-hybridized carbons (Fsp3) is 0.222. The van der Waals surface area contributed by atoms with Crippen LogP contribution >= 0.6 is 22.9 Å². The Morgan fingerprint density at radius 3 is 2.95 bits per heavy atom. The summed E-state index contributed by atoms with van der Waals surface area (Å²) < 4.78 is 4.96. The highest BCUT2D eigenvalue weighted by Gasteiger charge is 2.13. The zero-order chi connectivity index (χ0) is 13.8. The van der Waals surface area contributed by atoms with Gasteiger partial charge in [-0.05, 0) is 17.3 Å². The Balaban J connectivity index is 2.00. The molecule has 2 aromatic rings. The summed E-state index contributed by atoms with van der Waals surface area (Å²) in [5.41, 5.74) is 0. The SMILES string of the molecule is COC(=O)Cn1nnc(NC(=O)c2ccc(Cl)s2)n1. The van der Waals surface area contributed by atoms with Crippen molar-refractivity contribution in [3.05, 3.63) is 21.3 Å². The predicted molar refractivity (Wildman–Crippen MR) is 67.1 cm³/mol. The van der Waals surface area contributed by atoms with Crippen LogP contribution in [-0.4, -0.2) is 39.2 Å². The molecule has 2 rings (SSSR count). The molecule has 0 bridgehead atoms. The van der Waals surface area contributed by atoms with Gasteiger partial charge in [0.25, 0.3) is 11.9 Å². The maximum atomic E-state index is 11.7. The third-order valence-corrected chi connectivity index (χ3v) is 3.20. The van der Waals surface area contributed by atoms with Gasteiger partial charge in [-0.2, -0.15) is 4.80 Å². The second-order valence-corrected chi connectivity index (χ2v) is 4.99. The first-order valence-corrected chi connectivity index (χ1v) is 6.19. The molecule has 0 unspecified atom stereocenters. The van der Waals surface area contributed by atoms with Crippen LogP contribution in [0, 0.1) is 0 Å². The van der Waals surface area contributed by atoms with E-state index in [9.17, 15) is 9.59 Å². The van der Waals surface area contributed by atoms with Gasteiger partial charge in [0, 0.05) is 0 Å². The molecule has 0 aliphatic heterocycles. The quantitative estimate of drug-likeness (QED) is 0.839. The molecule has 8 nitrogen and oxygen atoms in total. The van der Waals surface area contributed by atoms with Gasteiger partial charge in [-0.25, -0.2) is 4.79 Å². The van der Waals surface area contributed by atoms with Crippen LogP contribution in [-0.2, 0) is 16.1 Å². The standard InChI is InChI=1S/C9H8ClN5O3S/c1-18-7(16)4-15-13-9(12-14-15)11-8(17)5-2-3-6(10)19-5/h2-3H,4H2,1H3,(H,11,13,17). The molecule has 0 saturated heterocycles. The van der Waals surface area contributed by atoms with Crippen LogP contribution < -0.4 is 5.32 Å². The zero-order valence-electron chi connectivity index (χ0n) is 9.66. The zero-order valence-corrected chi connectivity index (χ0v) is 11.2. The van der Waals surface area contributed by atoms with Crippen molar-refractivity contribution in [3.8, 4) is 0 Å². The van der Waals surface area contributed by atoms with Crippen molar-refractivity contribution in [1.29, 1.82) is 0 Å². The number of carbonyl (C=O) groups excluding carboxylic acids is 2. The van der Waals surface area contributed by atoms with E-state index in [1.54, 1.807) is 12.1 Å². The molecule has 2 heterocycles. The number of methoxy groups -OCH3 is 1. The first kappa shape index (κ1) is 13.4. The molecule has 0 fully saturated rings. The van der Waals surface area contributed by atoms with Crippen molar-refractivity contribution in [2.24, 2.45) is 0 Å². The van der Waals surface area contributed by atoms with E-state index in [0.29, 0.717) is 9.21 Å². The van der Waals surface area contributed by atoms with Gasteiger partial charge in [0.2, 0.25) is 0 Å². The topological polar surface area (TPSA) is 99.0 Å². The van der Waals surface area contributed by atoms with Crippen LogP contribution in [0.4, 0.5) is 5.95 Å². The summed E-state index contributed by atoms with van der Waals surface area (Å²) in [6.07, 6.45) is 0. The number of rotatable bonds is 4. The van der Waals surface area contributed by atoms with E-state index in [-0.39, 0.29) is 12.5 Å². The Morgan fingerprint density at radius 1 is 1.53 bits per heavy atom. The van der Waals surface area contributed by atoms with Crippen molar-refractivity contribution in [3.63, 3.8) is 0 Å². The van der Waals surface area contributed by atoms with Crippen molar-refractivity contribution in [1.82, 2.24) is 20.2 Å². The Labute approximate surface area is 116 Å². The van der Waals surface area contributed by atoms with Crippen LogP contribution in [0.25, 0.3) is 0 Å². The first-order valence-electron chi connectivity index (χ1n) is 5.00. The minimum Gasteiger partial charge on any atom is -0.468 e. The van der Waals surface area contributed by atoms with Gasteiger partial charge in [-0.1, -0.05) is 16.7 Å². The summed E-state index contributed by atoms with van der Waals surface area (Å²) in [7, 11) is 1.25. The molecular formula is C9H8ClN5O3S. The molecule has 0 atom stereocenters. The monoisotopic (exact) mass is 301 g/mol. The lowest BCUT2D eigenvalue weighted by molar-refractivity contribution is -0.141. The minimum atomic E-state index is -0.514. The predicted octanol–water partition coefficient (Wildman–Crippen LogP) is 0.813. The molecule has 0 aromatic carbocycles. The minimum absolute atomic E-state index is 0.00146. The molecule has 0 saturated carbocycles. The van der Waals surface area contributed by atoms with E-state index in [2.05, 4.69) is 25.5 Å². The third-order valence-electron chi connectivity index (χ3n) is 1.97. The number of nitrogens with zero attached hydrogens (tertiary/aromatic N) is 4. The molecule has 10 heteroatoms. The normalized spacial score (nSPS) is 10.2. The van der Waals surface area contributed by atoms with Gasteiger partial charge in [0.1, 0.15) is 0 Å². The lowest BCUT2D eigenvalue weighted by Crippen LogP contribution is -2.15. The number of anilines is 1. The smallest absolute Gasteiger partial charge is 0.329 e. The lowest BCUT2D eigenvalue weighted by Gasteiger charge is -1.97. The summed E-state index contributed by atoms with van der Waals surface area (Å²) in [4.78, 5) is 24.2. The van der Waals surface area contributed by atoms with Gasteiger partial charge in [0.15, 0.2) is 6.54 Å². The van der Waals surface area contributed by atoms with E-state index in [0.717, 1.165) is 16.1 Å². The van der Waals surface area contributed by atoms with Crippen molar-refractivity contribution < 1.29 is 14.3 Å². The second kappa shape index (κ2) is 5.76. The number of thiophene rings is 1. The van der Waals surface area contributed by atoms with Crippen molar-refractivity contribution >= 4 is 40.8 Å². The molecule has 1 N–H and O–H groups in total. The maximum Gasteiger partial charge on any atom is 0.329 e.